The van der Waals surface area contributed by atoms with Gasteiger partial charge in [0.2, 0.25) is 5.91 Å². The summed E-state index contributed by atoms with van der Waals surface area (Å²) < 4.78 is 8.41. The van der Waals surface area contributed by atoms with Gasteiger partial charge >= 0.3 is 0 Å². The number of nitrogens with one attached hydrogen (secondary N) is 1. The number of carbonyl (C=O) groups excluding carboxylic acids is 1. The lowest BCUT2D eigenvalue weighted by atomic mass is 10.2. The molecule has 0 aliphatic carbocycles. The van der Waals surface area contributed by atoms with Gasteiger partial charge < -0.3 is 14.6 Å². The Balaban J connectivity index is 2.04. The first kappa shape index (κ1) is 20.8. The topological polar surface area (TPSA) is 78.2 Å². The monoisotopic (exact) mass is 396 g/mol. The molecule has 7 nitrogen and oxygen atoms in total. The van der Waals surface area contributed by atoms with Crippen molar-refractivity contribution in [3.63, 3.8) is 0 Å². The number of carbonyl (C=O) groups is 1. The molecule has 0 bridgehead atoms. The Hall–Kier alpha value is -2.93. The largest absolute Gasteiger partial charge is 0.385 e. The predicted molar refractivity (Wildman–Crippen MR) is 114 cm³/mol. The van der Waals surface area contributed by atoms with Gasteiger partial charge in [0.1, 0.15) is 6.04 Å². The summed E-state index contributed by atoms with van der Waals surface area (Å²) in [6.45, 7) is 6.97. The molecule has 3 aromatic rings. The van der Waals surface area contributed by atoms with Crippen molar-refractivity contribution < 1.29 is 9.53 Å². The number of methoxy groups -OCH3 is 1. The maximum absolute atomic E-state index is 13.2. The highest BCUT2D eigenvalue weighted by molar-refractivity contribution is 5.89. The van der Waals surface area contributed by atoms with Crippen LogP contribution in [0.15, 0.2) is 41.3 Å². The van der Waals surface area contributed by atoms with Crippen LogP contribution in [0.2, 0.25) is 0 Å². The molecule has 0 aliphatic rings. The van der Waals surface area contributed by atoms with Gasteiger partial charge in [-0.2, -0.15) is 9.78 Å². The van der Waals surface area contributed by atoms with Crippen molar-refractivity contribution in [2.75, 3.05) is 20.3 Å². The molecule has 3 rings (SSSR count). The second kappa shape index (κ2) is 9.05. The summed E-state index contributed by atoms with van der Waals surface area (Å²) >= 11 is 0. The van der Waals surface area contributed by atoms with Crippen LogP contribution in [0.5, 0.6) is 0 Å². The highest BCUT2D eigenvalue weighted by atomic mass is 16.5. The van der Waals surface area contributed by atoms with Gasteiger partial charge in [0.05, 0.1) is 17.3 Å². The predicted octanol–water partition coefficient (Wildman–Crippen LogP) is 2.91. The molecule has 1 atom stereocenters. The molecule has 1 aromatic carbocycles. The molecule has 2 heterocycles. The number of rotatable bonds is 8. The molecular formula is C22H28N4O3. The van der Waals surface area contributed by atoms with E-state index in [1.807, 2.05) is 55.7 Å². The molecule has 0 saturated heterocycles. The second-order valence-electron chi connectivity index (χ2n) is 7.09. The molecule has 2 aromatic heterocycles. The number of hydrogen-bond donors (Lipinski definition) is 1. The first-order valence-corrected chi connectivity index (χ1v) is 9.92. The fourth-order valence-corrected chi connectivity index (χ4v) is 3.83. The number of hydrogen-bond acceptors (Lipinski definition) is 4. The number of amides is 1. The Bertz CT molecular complexity index is 1050. The molecule has 0 spiro atoms. The minimum absolute atomic E-state index is 0.0496. The summed E-state index contributed by atoms with van der Waals surface area (Å²) in [4.78, 5) is 26.0. The Morgan fingerprint density at radius 2 is 1.93 bits per heavy atom. The lowest BCUT2D eigenvalue weighted by molar-refractivity contribution is -0.124. The van der Waals surface area contributed by atoms with Crippen molar-refractivity contribution in [1.29, 1.82) is 0 Å². The standard InChI is InChI=1S/C22H28N4O3/c1-5-19(21(27)23-12-9-13-29-4)25-15(2)18-14-24-26(17-10-7-6-8-11-17)22(28)20(18)16(25)3/h6-8,10-11,14,19H,5,9,12-13H2,1-4H3,(H,23,27)/t19-/m1/s1. The van der Waals surface area contributed by atoms with Crippen LogP contribution in [0.3, 0.4) is 0 Å². The number of fused-ring (bicyclic) bond motifs is 1. The van der Waals surface area contributed by atoms with Crippen LogP contribution >= 0.6 is 0 Å². The van der Waals surface area contributed by atoms with E-state index in [9.17, 15) is 9.59 Å². The number of para-hydroxylation sites is 1. The quantitative estimate of drug-likeness (QED) is 0.594. The van der Waals surface area contributed by atoms with E-state index in [-0.39, 0.29) is 17.5 Å². The van der Waals surface area contributed by atoms with Gasteiger partial charge in [0, 0.05) is 37.0 Å². The van der Waals surface area contributed by atoms with Crippen molar-refractivity contribution in [2.24, 2.45) is 0 Å². The van der Waals surface area contributed by atoms with Crippen LogP contribution in [-0.4, -0.2) is 40.5 Å². The lowest BCUT2D eigenvalue weighted by Gasteiger charge is -2.20. The number of nitrogens with zero attached hydrogens (tertiary/aromatic N) is 3. The average Bonchev–Trinajstić information content (AvgIpc) is 2.98. The Morgan fingerprint density at radius 3 is 2.59 bits per heavy atom. The van der Waals surface area contributed by atoms with Crippen LogP contribution in [0.4, 0.5) is 0 Å². The van der Waals surface area contributed by atoms with E-state index >= 15 is 0 Å². The van der Waals surface area contributed by atoms with E-state index in [4.69, 9.17) is 4.74 Å². The van der Waals surface area contributed by atoms with E-state index in [0.29, 0.717) is 30.6 Å². The fraction of sp³-hybridized carbons (Fsp3) is 0.409. The Kier molecular flexibility index (Phi) is 6.49. The van der Waals surface area contributed by atoms with Crippen LogP contribution in [0, 0.1) is 13.8 Å². The molecule has 154 valence electrons. The summed E-state index contributed by atoms with van der Waals surface area (Å²) in [5.41, 5.74) is 2.20. The Morgan fingerprint density at radius 1 is 1.21 bits per heavy atom. The molecule has 0 saturated carbocycles. The van der Waals surface area contributed by atoms with Crippen LogP contribution in [-0.2, 0) is 9.53 Å². The van der Waals surface area contributed by atoms with Crippen molar-refractivity contribution in [3.8, 4) is 5.69 Å². The third-order valence-corrected chi connectivity index (χ3v) is 5.28. The molecule has 0 fully saturated rings. The minimum atomic E-state index is -0.380. The van der Waals surface area contributed by atoms with E-state index in [0.717, 1.165) is 23.2 Å². The molecule has 1 N–H and O–H groups in total. The van der Waals surface area contributed by atoms with Crippen LogP contribution < -0.4 is 10.9 Å². The maximum atomic E-state index is 13.2. The SMILES string of the molecule is CC[C@H](C(=O)NCCCOC)n1c(C)c2cnn(-c3ccccc3)c(=O)c2c1C. The van der Waals surface area contributed by atoms with Gasteiger partial charge in [-0.05, 0) is 38.8 Å². The van der Waals surface area contributed by atoms with Gasteiger partial charge in [0.15, 0.2) is 0 Å². The van der Waals surface area contributed by atoms with Gasteiger partial charge in [-0.1, -0.05) is 25.1 Å². The molecule has 0 radical (unpaired) electrons. The average molecular weight is 396 g/mol. The van der Waals surface area contributed by atoms with Crippen molar-refractivity contribution >= 4 is 16.7 Å². The van der Waals surface area contributed by atoms with Gasteiger partial charge in [0.25, 0.3) is 5.56 Å². The van der Waals surface area contributed by atoms with Gasteiger partial charge in [-0.15, -0.1) is 0 Å². The van der Waals surface area contributed by atoms with Crippen molar-refractivity contribution in [1.82, 2.24) is 19.7 Å². The summed E-state index contributed by atoms with van der Waals surface area (Å²) in [6.07, 6.45) is 3.10. The number of ether oxygens (including phenoxy) is 1. The van der Waals surface area contributed by atoms with Crippen LogP contribution in [0.1, 0.15) is 37.2 Å². The van der Waals surface area contributed by atoms with Crippen molar-refractivity contribution in [2.45, 2.75) is 39.7 Å². The first-order chi connectivity index (χ1) is 14.0. The van der Waals surface area contributed by atoms with Gasteiger partial charge in [-0.25, -0.2) is 0 Å². The zero-order valence-corrected chi connectivity index (χ0v) is 17.4. The first-order valence-electron chi connectivity index (χ1n) is 9.92. The number of aryl methyl sites for hydroxylation is 2. The molecular weight excluding hydrogens is 368 g/mol. The molecule has 0 aliphatic heterocycles. The number of benzene rings is 1. The molecule has 7 heteroatoms. The normalized spacial score (nSPS) is 12.3. The highest BCUT2D eigenvalue weighted by Gasteiger charge is 2.25. The Labute approximate surface area is 170 Å². The fourth-order valence-electron chi connectivity index (χ4n) is 3.83. The third kappa shape index (κ3) is 3.96. The van der Waals surface area contributed by atoms with E-state index in [2.05, 4.69) is 10.4 Å². The smallest absolute Gasteiger partial charge is 0.281 e. The molecule has 29 heavy (non-hydrogen) atoms. The van der Waals surface area contributed by atoms with Gasteiger partial charge in [-0.3, -0.25) is 9.59 Å². The maximum Gasteiger partial charge on any atom is 0.281 e. The third-order valence-electron chi connectivity index (χ3n) is 5.28. The second-order valence-corrected chi connectivity index (χ2v) is 7.09. The van der Waals surface area contributed by atoms with E-state index in [1.165, 1.54) is 4.68 Å². The number of aromatic nitrogens is 3. The summed E-state index contributed by atoms with van der Waals surface area (Å²) in [5.74, 6) is -0.0496. The van der Waals surface area contributed by atoms with E-state index < -0.39 is 0 Å². The summed E-state index contributed by atoms with van der Waals surface area (Å²) in [5, 5.41) is 8.73. The zero-order valence-electron chi connectivity index (χ0n) is 17.4. The molecule has 1 amide bonds. The molecule has 0 unspecified atom stereocenters. The minimum Gasteiger partial charge on any atom is -0.385 e. The lowest BCUT2D eigenvalue weighted by Crippen LogP contribution is -2.34. The zero-order chi connectivity index (χ0) is 21.0. The van der Waals surface area contributed by atoms with Crippen molar-refractivity contribution in [3.05, 3.63) is 58.3 Å². The summed E-state index contributed by atoms with van der Waals surface area (Å²) in [7, 11) is 1.64. The van der Waals surface area contributed by atoms with E-state index in [1.54, 1.807) is 13.3 Å². The summed E-state index contributed by atoms with van der Waals surface area (Å²) in [6, 6.07) is 8.96. The highest BCUT2D eigenvalue weighted by Crippen LogP contribution is 2.27. The van der Waals surface area contributed by atoms with Crippen LogP contribution in [0.25, 0.3) is 16.5 Å².